The highest BCUT2D eigenvalue weighted by molar-refractivity contribution is 6.44. The maximum atomic E-state index is 14.5. The Morgan fingerprint density at radius 2 is 1.15 bits per heavy atom. The lowest BCUT2D eigenvalue weighted by molar-refractivity contribution is -0.138. The van der Waals surface area contributed by atoms with Crippen LogP contribution in [0.3, 0.4) is 0 Å². The molecule has 0 aliphatic carbocycles. The van der Waals surface area contributed by atoms with Crippen molar-refractivity contribution in [3.05, 3.63) is 138 Å². The van der Waals surface area contributed by atoms with Crippen LogP contribution in [0.4, 0.5) is 15.8 Å². The quantitative estimate of drug-likeness (QED) is 0.0479. The summed E-state index contributed by atoms with van der Waals surface area (Å²) in [6.45, 7) is 3.72. The van der Waals surface area contributed by atoms with Crippen LogP contribution >= 0.6 is 46.4 Å². The minimum absolute atomic E-state index is 0.0330. The molecule has 0 atom stereocenters. The van der Waals surface area contributed by atoms with Crippen molar-refractivity contribution in [1.29, 1.82) is 0 Å². The number of hydrogen-bond donors (Lipinski definition) is 1. The Kier molecular flexibility index (Phi) is 14.1. The van der Waals surface area contributed by atoms with Gasteiger partial charge in [-0.2, -0.15) is 0 Å². The zero-order chi connectivity index (χ0) is 39.7. The van der Waals surface area contributed by atoms with Crippen LogP contribution in [0.2, 0.25) is 10.0 Å². The van der Waals surface area contributed by atoms with E-state index < -0.39 is 41.5 Å². The fourth-order valence-corrected chi connectivity index (χ4v) is 5.46. The first kappa shape index (κ1) is 41.2. The molecule has 2 aliphatic rings. The number of nitrogens with zero attached hydrogens (tertiary/aromatic N) is 1. The van der Waals surface area contributed by atoms with Gasteiger partial charge in [-0.1, -0.05) is 70.7 Å². The summed E-state index contributed by atoms with van der Waals surface area (Å²) in [5, 5.41) is 0.111. The Morgan fingerprint density at radius 1 is 0.704 bits per heavy atom. The Hall–Kier alpha value is -5.53. The third-order valence-corrected chi connectivity index (χ3v) is 8.38. The summed E-state index contributed by atoms with van der Waals surface area (Å²) in [6, 6.07) is 19.8. The number of nitrogen functional groups attached to an aromatic ring is 1. The molecule has 54 heavy (non-hydrogen) atoms. The molecule has 278 valence electrons. The molecule has 0 aromatic heterocycles. The molecule has 4 aromatic rings. The summed E-state index contributed by atoms with van der Waals surface area (Å²) in [5.74, 6) is -4.62. The molecule has 0 bridgehead atoms. The molecule has 6 rings (SSSR count). The van der Waals surface area contributed by atoms with Crippen molar-refractivity contribution in [3.8, 4) is 0 Å². The van der Waals surface area contributed by atoms with Crippen molar-refractivity contribution in [2.24, 2.45) is 0 Å². The van der Waals surface area contributed by atoms with E-state index in [9.17, 15) is 33.2 Å². The molecule has 0 radical (unpaired) electrons. The maximum absolute atomic E-state index is 14.5. The van der Waals surface area contributed by atoms with E-state index in [4.69, 9.17) is 61.6 Å². The lowest BCUT2D eigenvalue weighted by Crippen LogP contribution is -2.30. The van der Waals surface area contributed by atoms with Gasteiger partial charge >= 0.3 is 23.9 Å². The smallest absolute Gasteiger partial charge is 0.349 e. The second-order valence-corrected chi connectivity index (χ2v) is 12.4. The predicted octanol–water partition coefficient (Wildman–Crippen LogP) is 8.48. The van der Waals surface area contributed by atoms with Crippen molar-refractivity contribution < 1.29 is 47.4 Å². The largest absolute Gasteiger partial charge is 0.462 e. The van der Waals surface area contributed by atoms with Gasteiger partial charge in [-0.05, 0) is 91.7 Å². The van der Waals surface area contributed by atoms with Crippen LogP contribution in [0, 0.1) is 5.82 Å². The number of carbonyl (C=O) groups excluding carboxylic acids is 6. The molecule has 0 spiro atoms. The highest BCUT2D eigenvalue weighted by Crippen LogP contribution is 2.34. The Balaban J connectivity index is 0.000000202. The molecule has 2 aliphatic heterocycles. The van der Waals surface area contributed by atoms with Crippen LogP contribution in [0.1, 0.15) is 66.4 Å². The van der Waals surface area contributed by atoms with Gasteiger partial charge in [-0.3, -0.25) is 9.59 Å². The number of carbonyl (C=O) groups is 6. The Bertz CT molecular complexity index is 2170. The Morgan fingerprint density at radius 3 is 1.61 bits per heavy atom. The summed E-state index contributed by atoms with van der Waals surface area (Å²) in [5.41, 5.74) is 7.66. The molecular formula is C38H27Cl4FN2O9. The van der Waals surface area contributed by atoms with E-state index in [1.54, 1.807) is 68.4 Å². The third kappa shape index (κ3) is 9.71. The third-order valence-electron chi connectivity index (χ3n) is 7.18. The number of nitrogens with two attached hydrogens (primary N) is 1. The summed E-state index contributed by atoms with van der Waals surface area (Å²) in [7, 11) is 0. The number of amides is 2. The summed E-state index contributed by atoms with van der Waals surface area (Å²) < 4.78 is 28.4. The summed E-state index contributed by atoms with van der Waals surface area (Å²) >= 11 is 23.6. The number of cyclic esters (lactones) is 2. The van der Waals surface area contributed by atoms with Crippen molar-refractivity contribution in [3.63, 3.8) is 0 Å². The molecule has 2 N–H and O–H groups in total. The predicted molar refractivity (Wildman–Crippen MR) is 202 cm³/mol. The number of hydrogen-bond acceptors (Lipinski definition) is 10. The SMILES string of the molecule is CCOC(=O)/C(Cl)=C/c1cc(N)ccc1Cl.CCOC(=O)/C(Cl)=C/c1cc(N2C(=O)c3ccccc3C2=O)c(F)cc1Cl.O=C1OC(=O)c2ccccc21. The number of benzene rings is 4. The number of esters is 4. The number of imide groups is 1. The zero-order valence-electron chi connectivity index (χ0n) is 28.2. The zero-order valence-corrected chi connectivity index (χ0v) is 31.2. The van der Waals surface area contributed by atoms with Gasteiger partial charge < -0.3 is 19.9 Å². The van der Waals surface area contributed by atoms with Gasteiger partial charge in [-0.15, -0.1) is 0 Å². The Labute approximate surface area is 327 Å². The number of anilines is 2. The second-order valence-electron chi connectivity index (χ2n) is 10.7. The molecule has 0 unspecified atom stereocenters. The molecule has 4 aromatic carbocycles. The first-order valence-electron chi connectivity index (χ1n) is 15.6. The summed E-state index contributed by atoms with van der Waals surface area (Å²) in [6.07, 6.45) is 2.61. The fraction of sp³-hybridized carbons (Fsp3) is 0.105. The van der Waals surface area contributed by atoms with Gasteiger partial charge in [0.15, 0.2) is 0 Å². The highest BCUT2D eigenvalue weighted by atomic mass is 35.5. The van der Waals surface area contributed by atoms with Crippen LogP contribution in [-0.4, -0.2) is 48.9 Å². The minimum Gasteiger partial charge on any atom is -0.462 e. The van der Waals surface area contributed by atoms with E-state index in [1.807, 2.05) is 0 Å². The second kappa shape index (κ2) is 18.5. The number of ether oxygens (including phenoxy) is 3. The molecule has 16 heteroatoms. The molecular weight excluding hydrogens is 789 g/mol. The van der Waals surface area contributed by atoms with E-state index in [-0.39, 0.29) is 50.7 Å². The average Bonchev–Trinajstić information content (AvgIpc) is 3.58. The maximum Gasteiger partial charge on any atom is 0.349 e. The topological polar surface area (TPSA) is 159 Å². The highest BCUT2D eigenvalue weighted by Gasteiger charge is 2.38. The van der Waals surface area contributed by atoms with E-state index in [0.717, 1.165) is 11.0 Å². The van der Waals surface area contributed by atoms with Crippen LogP contribution in [-0.2, 0) is 23.8 Å². The normalized spacial score (nSPS) is 13.2. The number of halogens is 5. The first-order chi connectivity index (χ1) is 25.7. The van der Waals surface area contributed by atoms with E-state index >= 15 is 0 Å². The van der Waals surface area contributed by atoms with Crippen molar-refractivity contribution in [2.45, 2.75) is 13.8 Å². The van der Waals surface area contributed by atoms with Crippen LogP contribution in [0.5, 0.6) is 0 Å². The monoisotopic (exact) mass is 814 g/mol. The number of rotatable bonds is 7. The van der Waals surface area contributed by atoms with Crippen LogP contribution in [0.15, 0.2) is 88.9 Å². The molecule has 0 fully saturated rings. The molecule has 0 saturated carbocycles. The van der Waals surface area contributed by atoms with Gasteiger partial charge in [0.05, 0.1) is 46.2 Å². The van der Waals surface area contributed by atoms with Gasteiger partial charge in [0.2, 0.25) is 0 Å². The summed E-state index contributed by atoms with van der Waals surface area (Å²) in [4.78, 5) is 70.4. The molecule has 0 saturated heterocycles. The van der Waals surface area contributed by atoms with Gasteiger partial charge in [0.1, 0.15) is 15.9 Å². The van der Waals surface area contributed by atoms with Crippen molar-refractivity contribution in [1.82, 2.24) is 0 Å². The fourth-order valence-electron chi connectivity index (χ4n) is 4.74. The van der Waals surface area contributed by atoms with E-state index in [2.05, 4.69) is 4.74 Å². The molecule has 2 amide bonds. The lowest BCUT2D eigenvalue weighted by atomic mass is 10.1. The van der Waals surface area contributed by atoms with Crippen molar-refractivity contribution >= 4 is 106 Å². The minimum atomic E-state index is -0.862. The molecule has 2 heterocycles. The number of fused-ring (bicyclic) bond motifs is 2. The first-order valence-corrected chi connectivity index (χ1v) is 17.2. The average molecular weight is 816 g/mol. The van der Waals surface area contributed by atoms with E-state index in [0.29, 0.717) is 27.4 Å². The van der Waals surface area contributed by atoms with Gasteiger partial charge in [-0.25, -0.2) is 28.5 Å². The van der Waals surface area contributed by atoms with Crippen LogP contribution in [0.25, 0.3) is 12.2 Å². The van der Waals surface area contributed by atoms with Gasteiger partial charge in [0.25, 0.3) is 11.8 Å². The van der Waals surface area contributed by atoms with E-state index in [1.165, 1.54) is 30.4 Å². The lowest BCUT2D eigenvalue weighted by Gasteiger charge is -2.16. The van der Waals surface area contributed by atoms with Crippen molar-refractivity contribution in [2.75, 3.05) is 23.8 Å². The van der Waals surface area contributed by atoms with Gasteiger partial charge in [0, 0.05) is 10.7 Å². The van der Waals surface area contributed by atoms with Crippen LogP contribution < -0.4 is 10.6 Å². The molecule has 11 nitrogen and oxygen atoms in total. The standard InChI is InChI=1S/C19H12Cl2FNO4.C11H11Cl2NO2.C8H4O3/c1-2-27-19(26)14(21)7-10-8-16(15(22)9-13(10)20)23-17(24)11-5-3-4-6-12(11)18(23)25;1-2-16-11(15)10(13)6-7-5-8(14)3-4-9(7)12;9-7-5-3-1-2-4-6(5)8(10)11-7/h3-9H,2H2,1H3;3-6H,2,14H2,1H3;1-4H/b14-7-;10-6-;.